The molecule has 4 rings (SSSR count). The van der Waals surface area contributed by atoms with Gasteiger partial charge in [-0.3, -0.25) is 0 Å². The third-order valence-electron chi connectivity index (χ3n) is 6.22. The molecule has 1 heterocycles. The lowest BCUT2D eigenvalue weighted by molar-refractivity contribution is 0.0854. The predicted octanol–water partition coefficient (Wildman–Crippen LogP) is 4.36. The van der Waals surface area contributed by atoms with Gasteiger partial charge in [0.2, 0.25) is 0 Å². The fourth-order valence-corrected chi connectivity index (χ4v) is 4.64. The van der Waals surface area contributed by atoms with Gasteiger partial charge < -0.3 is 29.4 Å². The first kappa shape index (κ1) is 24.1. The molecule has 0 aliphatic carbocycles. The molecule has 0 bridgehead atoms. The van der Waals surface area contributed by atoms with Crippen LogP contribution in [0.5, 0.6) is 17.2 Å². The molecule has 3 aromatic rings. The normalized spacial score (nSPS) is 17.2. The van der Waals surface area contributed by atoms with Crippen molar-refractivity contribution in [1.82, 2.24) is 5.32 Å². The summed E-state index contributed by atoms with van der Waals surface area (Å²) in [6.07, 6.45) is 0.622. The van der Waals surface area contributed by atoms with Crippen LogP contribution in [0.4, 0.5) is 0 Å². The molecule has 0 radical (unpaired) electrons. The van der Waals surface area contributed by atoms with Crippen LogP contribution in [0.1, 0.15) is 33.9 Å². The average Bonchev–Trinajstić information content (AvgIpc) is 2.88. The molecule has 2 N–H and O–H groups in total. The van der Waals surface area contributed by atoms with E-state index in [4.69, 9.17) is 18.9 Å². The van der Waals surface area contributed by atoms with E-state index in [1.807, 2.05) is 67.6 Å². The maximum absolute atomic E-state index is 9.99. The molecular weight excluding hydrogens is 430 g/mol. The number of fused-ring (bicyclic) bond motifs is 1. The number of aliphatic hydroxyl groups excluding tert-OH is 1. The quantitative estimate of drug-likeness (QED) is 0.466. The fraction of sp³-hybridized carbons (Fsp3) is 0.357. The molecule has 0 aromatic heterocycles. The van der Waals surface area contributed by atoms with Gasteiger partial charge in [-0.15, -0.1) is 0 Å². The summed E-state index contributed by atoms with van der Waals surface area (Å²) in [7, 11) is 3.32. The first-order valence-corrected chi connectivity index (χ1v) is 11.6. The molecule has 2 atom stereocenters. The van der Waals surface area contributed by atoms with Crippen molar-refractivity contribution in [2.75, 3.05) is 27.4 Å². The van der Waals surface area contributed by atoms with Crippen LogP contribution in [0, 0.1) is 6.92 Å². The Morgan fingerprint density at radius 2 is 1.47 bits per heavy atom. The van der Waals surface area contributed by atoms with Crippen molar-refractivity contribution in [1.29, 1.82) is 0 Å². The van der Waals surface area contributed by atoms with Gasteiger partial charge in [-0.05, 0) is 24.5 Å². The second kappa shape index (κ2) is 11.4. The third-order valence-corrected chi connectivity index (χ3v) is 6.22. The van der Waals surface area contributed by atoms with Gasteiger partial charge in [-0.2, -0.15) is 0 Å². The largest absolute Gasteiger partial charge is 0.496 e. The van der Waals surface area contributed by atoms with Crippen LogP contribution < -0.4 is 19.5 Å². The van der Waals surface area contributed by atoms with Crippen LogP contribution in [0.25, 0.3) is 0 Å². The van der Waals surface area contributed by atoms with Gasteiger partial charge in [0.15, 0.2) is 11.5 Å². The van der Waals surface area contributed by atoms with E-state index in [1.165, 1.54) is 0 Å². The molecule has 0 spiro atoms. The Labute approximate surface area is 201 Å². The number of rotatable bonds is 10. The van der Waals surface area contributed by atoms with Crippen LogP contribution in [0.2, 0.25) is 0 Å². The highest BCUT2D eigenvalue weighted by Crippen LogP contribution is 2.48. The van der Waals surface area contributed by atoms with E-state index in [1.54, 1.807) is 14.2 Å². The van der Waals surface area contributed by atoms with Gasteiger partial charge in [0.05, 0.1) is 40.1 Å². The molecule has 0 unspecified atom stereocenters. The highest BCUT2D eigenvalue weighted by atomic mass is 16.5. The smallest absolute Gasteiger partial charge is 0.167 e. The average molecular weight is 464 g/mol. The van der Waals surface area contributed by atoms with Crippen molar-refractivity contribution in [2.45, 2.75) is 38.6 Å². The molecule has 6 nitrogen and oxygen atoms in total. The molecule has 0 fully saturated rings. The Morgan fingerprint density at radius 1 is 0.853 bits per heavy atom. The summed E-state index contributed by atoms with van der Waals surface area (Å²) in [6.45, 7) is 3.32. The van der Waals surface area contributed by atoms with Crippen molar-refractivity contribution in [2.24, 2.45) is 0 Å². The maximum atomic E-state index is 9.99. The molecule has 34 heavy (non-hydrogen) atoms. The molecule has 0 saturated carbocycles. The predicted molar refractivity (Wildman–Crippen MR) is 132 cm³/mol. The third kappa shape index (κ3) is 5.20. The number of benzene rings is 3. The summed E-state index contributed by atoms with van der Waals surface area (Å²) in [5, 5.41) is 13.5. The minimum Gasteiger partial charge on any atom is -0.496 e. The number of nitrogens with one attached hydrogen (secondary N) is 1. The van der Waals surface area contributed by atoms with Crippen LogP contribution in [0.3, 0.4) is 0 Å². The van der Waals surface area contributed by atoms with Crippen LogP contribution in [-0.4, -0.2) is 38.6 Å². The van der Waals surface area contributed by atoms with Crippen molar-refractivity contribution in [3.8, 4) is 17.2 Å². The van der Waals surface area contributed by atoms with Crippen LogP contribution >= 0.6 is 0 Å². The topological polar surface area (TPSA) is 69.2 Å². The highest BCUT2D eigenvalue weighted by molar-refractivity contribution is 5.64. The van der Waals surface area contributed by atoms with Gasteiger partial charge in [-0.25, -0.2) is 0 Å². The summed E-state index contributed by atoms with van der Waals surface area (Å²) in [5.74, 6) is 2.12. The number of methoxy groups -OCH3 is 2. The molecule has 180 valence electrons. The summed E-state index contributed by atoms with van der Waals surface area (Å²) in [4.78, 5) is 0. The van der Waals surface area contributed by atoms with Gasteiger partial charge >= 0.3 is 0 Å². The first-order chi connectivity index (χ1) is 16.7. The lowest BCUT2D eigenvalue weighted by atomic mass is 9.87. The van der Waals surface area contributed by atoms with Crippen molar-refractivity contribution >= 4 is 0 Å². The SMILES string of the molecule is COc1c(C)c(OC)c(OCc2ccccc2)c2c1C[C@@H](CO)N[C@H]2COCc1ccccc1. The van der Waals surface area contributed by atoms with E-state index in [9.17, 15) is 5.11 Å². The maximum Gasteiger partial charge on any atom is 0.167 e. The van der Waals surface area contributed by atoms with E-state index >= 15 is 0 Å². The molecule has 0 saturated heterocycles. The highest BCUT2D eigenvalue weighted by Gasteiger charge is 2.35. The second-order valence-corrected chi connectivity index (χ2v) is 8.49. The molecule has 6 heteroatoms. The van der Waals surface area contributed by atoms with Crippen molar-refractivity contribution < 1.29 is 24.1 Å². The minimum atomic E-state index is -0.196. The van der Waals surface area contributed by atoms with Crippen LogP contribution in [0.15, 0.2) is 60.7 Å². The number of hydrogen-bond acceptors (Lipinski definition) is 6. The molecular formula is C28H33NO5. The van der Waals surface area contributed by atoms with Gasteiger partial charge in [0.25, 0.3) is 0 Å². The minimum absolute atomic E-state index is 0.0169. The summed E-state index contributed by atoms with van der Waals surface area (Å²) in [6, 6.07) is 19.8. The van der Waals surface area contributed by atoms with Gasteiger partial charge in [0, 0.05) is 22.7 Å². The van der Waals surface area contributed by atoms with E-state index in [0.717, 1.165) is 33.6 Å². The molecule has 1 aliphatic rings. The lowest BCUT2D eigenvalue weighted by Gasteiger charge is -2.36. The number of ether oxygens (including phenoxy) is 4. The summed E-state index contributed by atoms with van der Waals surface area (Å²) in [5.41, 5.74) is 5.05. The standard InChI is InChI=1S/C28H33NO5/c1-19-26(31-2)23-14-22(15-30)29-24(18-33-16-20-10-6-4-7-11-20)25(23)28(27(19)32-3)34-17-21-12-8-5-9-13-21/h4-13,22,24,29-30H,14-18H2,1-3H3/t22-,24-/m0/s1. The first-order valence-electron chi connectivity index (χ1n) is 11.6. The second-order valence-electron chi connectivity index (χ2n) is 8.49. The number of aliphatic hydroxyl groups is 1. The van der Waals surface area contributed by atoms with Crippen LogP contribution in [-0.2, 0) is 24.4 Å². The number of hydrogen-bond donors (Lipinski definition) is 2. The Kier molecular flexibility index (Phi) is 8.06. The van der Waals surface area contributed by atoms with Crippen molar-refractivity contribution in [3.05, 3.63) is 88.5 Å². The summed E-state index contributed by atoms with van der Waals surface area (Å²) < 4.78 is 24.2. The molecule has 0 amide bonds. The summed E-state index contributed by atoms with van der Waals surface area (Å²) >= 11 is 0. The lowest BCUT2D eigenvalue weighted by Crippen LogP contribution is -2.44. The van der Waals surface area contributed by atoms with Gasteiger partial charge in [0.1, 0.15) is 12.4 Å². The zero-order valence-corrected chi connectivity index (χ0v) is 20.0. The Bertz CT molecular complexity index is 1070. The molecule has 3 aromatic carbocycles. The Balaban J connectivity index is 1.70. The van der Waals surface area contributed by atoms with E-state index in [-0.39, 0.29) is 18.7 Å². The van der Waals surface area contributed by atoms with Crippen molar-refractivity contribution in [3.63, 3.8) is 0 Å². The molecule has 1 aliphatic heterocycles. The van der Waals surface area contributed by atoms with Gasteiger partial charge in [-0.1, -0.05) is 60.7 Å². The zero-order chi connectivity index (χ0) is 23.9. The Hall–Kier alpha value is -3.06. The van der Waals surface area contributed by atoms with E-state index in [2.05, 4.69) is 5.32 Å². The van der Waals surface area contributed by atoms with E-state index in [0.29, 0.717) is 37.7 Å². The monoisotopic (exact) mass is 463 g/mol. The fourth-order valence-electron chi connectivity index (χ4n) is 4.64. The van der Waals surface area contributed by atoms with E-state index < -0.39 is 0 Å². The Morgan fingerprint density at radius 3 is 2.06 bits per heavy atom. The zero-order valence-electron chi connectivity index (χ0n) is 20.0.